The van der Waals surface area contributed by atoms with E-state index < -0.39 is 8.32 Å². The van der Waals surface area contributed by atoms with Crippen LogP contribution in [0.1, 0.15) is 20.8 Å². The van der Waals surface area contributed by atoms with Crippen molar-refractivity contribution in [1.82, 2.24) is 4.98 Å². The van der Waals surface area contributed by atoms with E-state index in [1.165, 1.54) is 0 Å². The fourth-order valence-corrected chi connectivity index (χ4v) is 3.20. The van der Waals surface area contributed by atoms with Crippen LogP contribution in [0, 0.1) is 0 Å². The first-order valence-corrected chi connectivity index (χ1v) is 10.1. The highest BCUT2D eigenvalue weighted by molar-refractivity contribution is 9.10. The van der Waals surface area contributed by atoms with Crippen molar-refractivity contribution in [2.24, 2.45) is 0 Å². The zero-order chi connectivity index (χ0) is 14.3. The Morgan fingerprint density at radius 1 is 1.21 bits per heavy atom. The molecule has 0 aliphatic rings. The SMILES string of the molecule is CC(C)(C)[Si](C)(C)Oc1cc(Br)c2ncccc2c1. The van der Waals surface area contributed by atoms with E-state index in [9.17, 15) is 0 Å². The second kappa shape index (κ2) is 4.91. The number of pyridine rings is 1. The van der Waals surface area contributed by atoms with Crippen molar-refractivity contribution >= 4 is 35.2 Å². The molecule has 0 unspecified atom stereocenters. The molecule has 2 nitrogen and oxygen atoms in total. The second-order valence-electron chi connectivity index (χ2n) is 6.34. The van der Waals surface area contributed by atoms with E-state index in [-0.39, 0.29) is 5.04 Å². The summed E-state index contributed by atoms with van der Waals surface area (Å²) in [7, 11) is -1.80. The Bertz CT molecular complexity index is 605. The smallest absolute Gasteiger partial charge is 0.250 e. The minimum Gasteiger partial charge on any atom is -0.543 e. The number of fused-ring (bicyclic) bond motifs is 1. The Hall–Kier alpha value is -0.873. The molecule has 0 N–H and O–H groups in total. The normalized spacial score (nSPS) is 12.7. The van der Waals surface area contributed by atoms with Gasteiger partial charge in [-0.25, -0.2) is 0 Å². The van der Waals surface area contributed by atoms with Crippen LogP contribution < -0.4 is 4.43 Å². The lowest BCUT2D eigenvalue weighted by atomic mass is 10.2. The maximum Gasteiger partial charge on any atom is 0.250 e. The summed E-state index contributed by atoms with van der Waals surface area (Å²) in [5.74, 6) is 0.930. The maximum atomic E-state index is 6.34. The van der Waals surface area contributed by atoms with Gasteiger partial charge in [0.05, 0.1) is 5.52 Å². The van der Waals surface area contributed by atoms with Crippen molar-refractivity contribution in [3.63, 3.8) is 0 Å². The van der Waals surface area contributed by atoms with Gasteiger partial charge in [0, 0.05) is 16.1 Å². The Kier molecular flexibility index (Phi) is 3.75. The zero-order valence-electron chi connectivity index (χ0n) is 12.1. The molecule has 0 fully saturated rings. The summed E-state index contributed by atoms with van der Waals surface area (Å²) >= 11 is 3.58. The van der Waals surface area contributed by atoms with Crippen LogP contribution in [0.3, 0.4) is 0 Å². The van der Waals surface area contributed by atoms with Crippen LogP contribution >= 0.6 is 15.9 Å². The Labute approximate surface area is 124 Å². The number of hydrogen-bond donors (Lipinski definition) is 0. The van der Waals surface area contributed by atoms with E-state index >= 15 is 0 Å². The third-order valence-corrected chi connectivity index (χ3v) is 8.77. The molecule has 102 valence electrons. The molecule has 0 spiro atoms. The fourth-order valence-electron chi connectivity index (χ4n) is 1.63. The van der Waals surface area contributed by atoms with Gasteiger partial charge in [0.25, 0.3) is 0 Å². The van der Waals surface area contributed by atoms with Gasteiger partial charge < -0.3 is 4.43 Å². The number of nitrogens with zero attached hydrogens (tertiary/aromatic N) is 1. The minimum absolute atomic E-state index is 0.198. The molecule has 19 heavy (non-hydrogen) atoms. The van der Waals surface area contributed by atoms with Gasteiger partial charge in [-0.15, -0.1) is 0 Å². The molecular formula is C15H20BrNOSi. The number of aromatic nitrogens is 1. The van der Waals surface area contributed by atoms with Crippen LogP contribution in [0.2, 0.25) is 18.1 Å². The predicted molar refractivity (Wildman–Crippen MR) is 87.3 cm³/mol. The first kappa shape index (κ1) is 14.5. The maximum absolute atomic E-state index is 6.34. The van der Waals surface area contributed by atoms with Crippen molar-refractivity contribution < 1.29 is 4.43 Å². The van der Waals surface area contributed by atoms with Gasteiger partial charge in [-0.3, -0.25) is 4.98 Å². The Morgan fingerprint density at radius 3 is 2.53 bits per heavy atom. The fraction of sp³-hybridized carbons (Fsp3) is 0.400. The Morgan fingerprint density at radius 2 is 1.89 bits per heavy atom. The standard InChI is InChI=1S/C15H20BrNOSi/c1-15(2,3)19(4,5)18-12-9-11-7-6-8-17-14(11)13(16)10-12/h6-10H,1-5H3. The van der Waals surface area contributed by atoms with E-state index in [0.29, 0.717) is 0 Å². The molecule has 1 aromatic carbocycles. The quantitative estimate of drug-likeness (QED) is 0.686. The van der Waals surface area contributed by atoms with E-state index in [2.05, 4.69) is 66.9 Å². The topological polar surface area (TPSA) is 22.1 Å². The van der Waals surface area contributed by atoms with Gasteiger partial charge in [0.1, 0.15) is 5.75 Å². The average Bonchev–Trinajstić information content (AvgIpc) is 2.27. The first-order valence-electron chi connectivity index (χ1n) is 6.44. The Balaban J connectivity index is 2.42. The van der Waals surface area contributed by atoms with Gasteiger partial charge >= 0.3 is 0 Å². The number of benzene rings is 1. The summed E-state index contributed by atoms with van der Waals surface area (Å²) in [5.41, 5.74) is 0.977. The third kappa shape index (κ3) is 3.00. The van der Waals surface area contributed by atoms with Crippen LogP contribution in [0.5, 0.6) is 5.75 Å². The first-order chi connectivity index (χ1) is 8.71. The van der Waals surface area contributed by atoms with Crippen molar-refractivity contribution in [3.8, 4) is 5.75 Å². The van der Waals surface area contributed by atoms with Crippen molar-refractivity contribution in [3.05, 3.63) is 34.9 Å². The van der Waals surface area contributed by atoms with Gasteiger partial charge in [-0.1, -0.05) is 26.8 Å². The molecule has 1 heterocycles. The number of rotatable bonds is 2. The number of hydrogen-bond acceptors (Lipinski definition) is 2. The van der Waals surface area contributed by atoms with Gasteiger partial charge in [-0.05, 0) is 52.3 Å². The van der Waals surface area contributed by atoms with Gasteiger partial charge in [-0.2, -0.15) is 0 Å². The molecule has 0 bridgehead atoms. The molecule has 0 amide bonds. The summed E-state index contributed by atoms with van der Waals surface area (Å²) in [4.78, 5) is 4.38. The molecule has 0 atom stereocenters. The van der Waals surface area contributed by atoms with Crippen LogP contribution in [-0.2, 0) is 0 Å². The molecule has 2 rings (SSSR count). The summed E-state index contributed by atoms with van der Waals surface area (Å²) in [6, 6.07) is 8.11. The van der Waals surface area contributed by atoms with E-state index in [1.807, 2.05) is 18.3 Å². The average molecular weight is 338 g/mol. The lowest BCUT2D eigenvalue weighted by Crippen LogP contribution is -2.43. The minimum atomic E-state index is -1.80. The monoisotopic (exact) mass is 337 g/mol. The molecule has 0 aliphatic carbocycles. The molecule has 0 radical (unpaired) electrons. The summed E-state index contributed by atoms with van der Waals surface area (Å²) < 4.78 is 7.32. The molecule has 0 aliphatic heterocycles. The lowest BCUT2D eigenvalue weighted by Gasteiger charge is -2.36. The molecule has 4 heteroatoms. The van der Waals surface area contributed by atoms with Crippen LogP contribution in [-0.4, -0.2) is 13.3 Å². The third-order valence-electron chi connectivity index (χ3n) is 3.81. The highest BCUT2D eigenvalue weighted by atomic mass is 79.9. The van der Waals surface area contributed by atoms with Crippen LogP contribution in [0.15, 0.2) is 34.9 Å². The summed E-state index contributed by atoms with van der Waals surface area (Å²) in [6.45, 7) is 11.3. The van der Waals surface area contributed by atoms with Crippen molar-refractivity contribution in [1.29, 1.82) is 0 Å². The summed E-state index contributed by atoms with van der Waals surface area (Å²) in [5, 5.41) is 1.30. The predicted octanol–water partition coefficient (Wildman–Crippen LogP) is 5.38. The zero-order valence-corrected chi connectivity index (χ0v) is 14.7. The molecular weight excluding hydrogens is 318 g/mol. The van der Waals surface area contributed by atoms with E-state index in [0.717, 1.165) is 21.1 Å². The van der Waals surface area contributed by atoms with Gasteiger partial charge in [0.15, 0.2) is 0 Å². The highest BCUT2D eigenvalue weighted by Gasteiger charge is 2.39. The molecule has 0 saturated heterocycles. The van der Waals surface area contributed by atoms with Gasteiger partial charge in [0.2, 0.25) is 8.32 Å². The van der Waals surface area contributed by atoms with Crippen LogP contribution in [0.25, 0.3) is 10.9 Å². The summed E-state index contributed by atoms with van der Waals surface area (Å²) in [6.07, 6.45) is 1.81. The van der Waals surface area contributed by atoms with E-state index in [4.69, 9.17) is 4.43 Å². The van der Waals surface area contributed by atoms with Crippen LogP contribution in [0.4, 0.5) is 0 Å². The van der Waals surface area contributed by atoms with Crippen molar-refractivity contribution in [2.75, 3.05) is 0 Å². The second-order valence-corrected chi connectivity index (χ2v) is 11.9. The largest absolute Gasteiger partial charge is 0.543 e. The highest BCUT2D eigenvalue weighted by Crippen LogP contribution is 2.38. The lowest BCUT2D eigenvalue weighted by molar-refractivity contribution is 0.492. The van der Waals surface area contributed by atoms with E-state index in [1.54, 1.807) is 0 Å². The van der Waals surface area contributed by atoms with Crippen molar-refractivity contribution in [2.45, 2.75) is 38.9 Å². The number of halogens is 1. The molecule has 2 aromatic rings. The molecule has 1 aromatic heterocycles. The molecule has 0 saturated carbocycles.